The molecule has 0 spiro atoms. The molecule has 0 aliphatic carbocycles. The second kappa shape index (κ2) is 7.68. The minimum atomic E-state index is -4.74. The SMILES string of the molecule is O=C(N[C@]1(c2ccc(OC(F)(F)F)cc2)CCCNC1)N1C2CCC1CC(O)C2. The van der Waals surface area contributed by atoms with E-state index in [1.54, 1.807) is 12.1 Å². The maximum Gasteiger partial charge on any atom is 0.573 e. The molecule has 2 bridgehead atoms. The number of carbonyl (C=O) groups is 1. The maximum atomic E-state index is 13.2. The molecule has 3 saturated heterocycles. The Labute approximate surface area is 167 Å². The van der Waals surface area contributed by atoms with Gasteiger partial charge in [-0.1, -0.05) is 12.1 Å². The van der Waals surface area contributed by atoms with Gasteiger partial charge in [0.05, 0.1) is 11.6 Å². The molecule has 0 aromatic heterocycles. The van der Waals surface area contributed by atoms with E-state index < -0.39 is 11.9 Å². The number of urea groups is 1. The van der Waals surface area contributed by atoms with Gasteiger partial charge in [0, 0.05) is 18.6 Å². The summed E-state index contributed by atoms with van der Waals surface area (Å²) in [7, 11) is 0. The molecule has 0 radical (unpaired) electrons. The van der Waals surface area contributed by atoms with Crippen molar-refractivity contribution >= 4 is 6.03 Å². The summed E-state index contributed by atoms with van der Waals surface area (Å²) >= 11 is 0. The summed E-state index contributed by atoms with van der Waals surface area (Å²) < 4.78 is 41.3. The van der Waals surface area contributed by atoms with E-state index in [0.29, 0.717) is 25.8 Å². The lowest BCUT2D eigenvalue weighted by Crippen LogP contribution is -2.60. The highest BCUT2D eigenvalue weighted by molar-refractivity contribution is 5.77. The molecule has 6 nitrogen and oxygen atoms in total. The second-order valence-corrected chi connectivity index (χ2v) is 8.28. The van der Waals surface area contributed by atoms with Crippen LogP contribution in [0.25, 0.3) is 0 Å². The van der Waals surface area contributed by atoms with Crippen LogP contribution in [0.2, 0.25) is 0 Å². The predicted octanol–water partition coefficient (Wildman–Crippen LogP) is 2.86. The van der Waals surface area contributed by atoms with Crippen LogP contribution in [0.5, 0.6) is 5.75 Å². The number of rotatable bonds is 3. The van der Waals surface area contributed by atoms with Crippen molar-refractivity contribution in [2.75, 3.05) is 13.1 Å². The molecule has 3 N–H and O–H groups in total. The number of hydrogen-bond acceptors (Lipinski definition) is 4. The fraction of sp³-hybridized carbons (Fsp3) is 0.650. The molecule has 160 valence electrons. The number of aliphatic hydroxyl groups excluding tert-OH is 1. The number of aliphatic hydroxyl groups is 1. The monoisotopic (exact) mass is 413 g/mol. The summed E-state index contributed by atoms with van der Waals surface area (Å²) in [5.41, 5.74) is 0.0543. The molecular weight excluding hydrogens is 387 g/mol. The van der Waals surface area contributed by atoms with Gasteiger partial charge in [0.15, 0.2) is 0 Å². The van der Waals surface area contributed by atoms with Crippen molar-refractivity contribution < 1.29 is 27.8 Å². The number of hydrogen-bond donors (Lipinski definition) is 3. The Morgan fingerprint density at radius 2 is 1.86 bits per heavy atom. The zero-order valence-corrected chi connectivity index (χ0v) is 16.0. The van der Waals surface area contributed by atoms with Crippen LogP contribution >= 0.6 is 0 Å². The van der Waals surface area contributed by atoms with Gasteiger partial charge in [-0.25, -0.2) is 4.79 Å². The van der Waals surface area contributed by atoms with Crippen LogP contribution in [-0.4, -0.2) is 53.7 Å². The molecule has 1 aromatic rings. The number of nitrogens with zero attached hydrogens (tertiary/aromatic N) is 1. The molecule has 3 atom stereocenters. The molecule has 3 aliphatic rings. The van der Waals surface area contributed by atoms with Gasteiger partial charge in [-0.05, 0) is 62.8 Å². The van der Waals surface area contributed by atoms with Crippen LogP contribution in [0.3, 0.4) is 0 Å². The number of benzene rings is 1. The number of nitrogens with one attached hydrogen (secondary N) is 2. The Kier molecular flexibility index (Phi) is 5.37. The van der Waals surface area contributed by atoms with Crippen LogP contribution in [0.15, 0.2) is 24.3 Å². The van der Waals surface area contributed by atoms with Gasteiger partial charge in [0.1, 0.15) is 5.75 Å². The van der Waals surface area contributed by atoms with E-state index >= 15 is 0 Å². The summed E-state index contributed by atoms with van der Waals surface area (Å²) in [4.78, 5) is 15.1. The number of fused-ring (bicyclic) bond motifs is 2. The van der Waals surface area contributed by atoms with Crippen molar-refractivity contribution in [1.29, 1.82) is 0 Å². The first-order chi connectivity index (χ1) is 13.8. The highest BCUT2D eigenvalue weighted by atomic mass is 19.4. The largest absolute Gasteiger partial charge is 0.573 e. The van der Waals surface area contributed by atoms with E-state index in [0.717, 1.165) is 31.4 Å². The lowest BCUT2D eigenvalue weighted by atomic mass is 9.83. The summed E-state index contributed by atoms with van der Waals surface area (Å²) in [5.74, 6) is -0.283. The zero-order valence-electron chi connectivity index (χ0n) is 16.0. The molecular formula is C20H26F3N3O3. The fourth-order valence-electron chi connectivity index (χ4n) is 5.06. The van der Waals surface area contributed by atoms with Crippen LogP contribution in [0.4, 0.5) is 18.0 Å². The van der Waals surface area contributed by atoms with E-state index in [-0.39, 0.29) is 30.0 Å². The van der Waals surface area contributed by atoms with Gasteiger partial charge >= 0.3 is 12.4 Å². The molecule has 0 saturated carbocycles. The van der Waals surface area contributed by atoms with Crippen LogP contribution in [-0.2, 0) is 5.54 Å². The third-order valence-corrected chi connectivity index (χ3v) is 6.31. The van der Waals surface area contributed by atoms with Crippen LogP contribution < -0.4 is 15.4 Å². The van der Waals surface area contributed by atoms with E-state index in [2.05, 4.69) is 15.4 Å². The lowest BCUT2D eigenvalue weighted by molar-refractivity contribution is -0.274. The first kappa shape index (κ1) is 20.3. The van der Waals surface area contributed by atoms with Gasteiger partial charge < -0.3 is 25.4 Å². The number of alkyl halides is 3. The average molecular weight is 413 g/mol. The molecule has 2 unspecified atom stereocenters. The van der Waals surface area contributed by atoms with Crippen molar-refractivity contribution in [3.8, 4) is 5.75 Å². The normalized spacial score (nSPS) is 32.1. The highest BCUT2D eigenvalue weighted by Crippen LogP contribution is 2.37. The second-order valence-electron chi connectivity index (χ2n) is 8.28. The minimum absolute atomic E-state index is 0.0416. The molecule has 2 amide bonds. The summed E-state index contributed by atoms with van der Waals surface area (Å²) in [5, 5.41) is 16.5. The quantitative estimate of drug-likeness (QED) is 0.713. The highest BCUT2D eigenvalue weighted by Gasteiger charge is 2.45. The van der Waals surface area contributed by atoms with E-state index in [1.165, 1.54) is 12.1 Å². The Morgan fingerprint density at radius 1 is 1.21 bits per heavy atom. The van der Waals surface area contributed by atoms with Gasteiger partial charge in [-0.2, -0.15) is 0 Å². The molecule has 3 heterocycles. The minimum Gasteiger partial charge on any atom is -0.406 e. The number of piperidine rings is 2. The first-order valence-electron chi connectivity index (χ1n) is 10.1. The third kappa shape index (κ3) is 4.30. The van der Waals surface area contributed by atoms with Crippen molar-refractivity contribution in [3.63, 3.8) is 0 Å². The third-order valence-electron chi connectivity index (χ3n) is 6.31. The van der Waals surface area contributed by atoms with E-state index in [1.807, 2.05) is 4.90 Å². The Balaban J connectivity index is 1.54. The van der Waals surface area contributed by atoms with Crippen LogP contribution in [0.1, 0.15) is 44.1 Å². The summed E-state index contributed by atoms with van der Waals surface area (Å²) in [6, 6.07) is 5.66. The van der Waals surface area contributed by atoms with Crippen molar-refractivity contribution in [1.82, 2.24) is 15.5 Å². The van der Waals surface area contributed by atoms with Crippen LogP contribution in [0, 0.1) is 0 Å². The average Bonchev–Trinajstić information content (AvgIpc) is 2.93. The molecule has 9 heteroatoms. The molecule has 4 rings (SSSR count). The maximum absolute atomic E-state index is 13.2. The molecule has 29 heavy (non-hydrogen) atoms. The first-order valence-corrected chi connectivity index (χ1v) is 10.1. The molecule has 3 fully saturated rings. The Bertz CT molecular complexity index is 721. The Hall–Kier alpha value is -2.00. The zero-order chi connectivity index (χ0) is 20.6. The van der Waals surface area contributed by atoms with Crippen molar-refractivity contribution in [2.45, 2.75) is 68.6 Å². The summed E-state index contributed by atoms with van der Waals surface area (Å²) in [6.45, 7) is 1.33. The number of halogens is 3. The fourth-order valence-corrected chi connectivity index (χ4v) is 5.06. The van der Waals surface area contributed by atoms with Gasteiger partial charge in [-0.15, -0.1) is 13.2 Å². The number of amides is 2. The molecule has 3 aliphatic heterocycles. The summed E-state index contributed by atoms with van der Waals surface area (Å²) in [6.07, 6.45) is -0.588. The van der Waals surface area contributed by atoms with Gasteiger partial charge in [0.2, 0.25) is 0 Å². The standard InChI is InChI=1S/C20H26F3N3O3/c21-20(22,23)29-17-6-2-13(3-7-17)19(8-1-9-24-12-19)25-18(28)26-14-4-5-15(26)11-16(27)10-14/h2-3,6-7,14-16,24,27H,1,4-5,8-12H2,(H,25,28)/t14?,15?,16?,19-/m1/s1. The lowest BCUT2D eigenvalue weighted by Gasteiger charge is -2.43. The Morgan fingerprint density at radius 3 is 2.41 bits per heavy atom. The van der Waals surface area contributed by atoms with Crippen molar-refractivity contribution in [3.05, 3.63) is 29.8 Å². The van der Waals surface area contributed by atoms with E-state index in [9.17, 15) is 23.1 Å². The number of carbonyl (C=O) groups excluding carboxylic acids is 1. The van der Waals surface area contributed by atoms with Gasteiger partial charge in [0.25, 0.3) is 0 Å². The topological polar surface area (TPSA) is 73.8 Å². The molecule has 1 aromatic carbocycles. The van der Waals surface area contributed by atoms with E-state index in [4.69, 9.17) is 0 Å². The predicted molar refractivity (Wildman–Crippen MR) is 99.3 cm³/mol. The smallest absolute Gasteiger partial charge is 0.406 e. The number of ether oxygens (including phenoxy) is 1. The van der Waals surface area contributed by atoms with Gasteiger partial charge in [-0.3, -0.25) is 0 Å². The van der Waals surface area contributed by atoms with Crippen molar-refractivity contribution in [2.24, 2.45) is 0 Å².